The van der Waals surface area contributed by atoms with Crippen LogP contribution < -0.4 is 5.73 Å². The summed E-state index contributed by atoms with van der Waals surface area (Å²) in [6.45, 7) is 3.92. The van der Waals surface area contributed by atoms with Gasteiger partial charge in [0.25, 0.3) is 0 Å². The highest BCUT2D eigenvalue weighted by atomic mass is 16.3. The Bertz CT molecular complexity index is 594. The molecule has 0 saturated heterocycles. The molecule has 0 bridgehead atoms. The molecular formula is C15H19N3O2. The second-order valence-electron chi connectivity index (χ2n) is 5.58. The van der Waals surface area contributed by atoms with E-state index >= 15 is 0 Å². The number of carbonyl (C=O) groups is 1. The standard InChI is InChI=1S/C15H19N3O2/c1-15(2,20)10-18-9-13(8-17-18)12-5-3-11(4-6-12)7-14(16)19/h3-6,8-9,20H,7,10H2,1-2H3,(H2,16,19). The molecule has 5 heteroatoms. The van der Waals surface area contributed by atoms with Gasteiger partial charge in [-0.25, -0.2) is 0 Å². The average molecular weight is 273 g/mol. The zero-order valence-electron chi connectivity index (χ0n) is 11.7. The number of nitrogens with two attached hydrogens (primary N) is 1. The van der Waals surface area contributed by atoms with Gasteiger partial charge in [0.2, 0.25) is 5.91 Å². The molecule has 0 radical (unpaired) electrons. The van der Waals surface area contributed by atoms with Crippen molar-refractivity contribution in [2.75, 3.05) is 0 Å². The molecule has 0 aliphatic carbocycles. The van der Waals surface area contributed by atoms with Gasteiger partial charge in [0.15, 0.2) is 0 Å². The number of hydrogen-bond donors (Lipinski definition) is 2. The van der Waals surface area contributed by atoms with E-state index in [2.05, 4.69) is 5.10 Å². The van der Waals surface area contributed by atoms with Crippen molar-refractivity contribution < 1.29 is 9.90 Å². The van der Waals surface area contributed by atoms with Crippen molar-refractivity contribution in [1.82, 2.24) is 9.78 Å². The van der Waals surface area contributed by atoms with Crippen molar-refractivity contribution in [3.63, 3.8) is 0 Å². The number of hydrogen-bond acceptors (Lipinski definition) is 3. The van der Waals surface area contributed by atoms with Crippen molar-refractivity contribution >= 4 is 5.91 Å². The molecule has 2 aromatic rings. The monoisotopic (exact) mass is 273 g/mol. The summed E-state index contributed by atoms with van der Waals surface area (Å²) in [5.41, 5.74) is 7.24. The van der Waals surface area contributed by atoms with E-state index in [1.807, 2.05) is 30.5 Å². The van der Waals surface area contributed by atoms with E-state index in [1.165, 1.54) is 0 Å². The Morgan fingerprint density at radius 1 is 1.30 bits per heavy atom. The second kappa shape index (κ2) is 5.46. The van der Waals surface area contributed by atoms with Crippen LogP contribution in [0.25, 0.3) is 11.1 Å². The first kappa shape index (κ1) is 14.3. The Morgan fingerprint density at radius 3 is 2.50 bits per heavy atom. The molecular weight excluding hydrogens is 254 g/mol. The van der Waals surface area contributed by atoms with Crippen LogP contribution in [-0.2, 0) is 17.8 Å². The normalized spacial score (nSPS) is 11.6. The SMILES string of the molecule is CC(C)(O)Cn1cc(-c2ccc(CC(N)=O)cc2)cn1. The smallest absolute Gasteiger partial charge is 0.221 e. The summed E-state index contributed by atoms with van der Waals surface area (Å²) in [5.74, 6) is -0.337. The second-order valence-corrected chi connectivity index (χ2v) is 5.58. The number of benzene rings is 1. The average Bonchev–Trinajstić information content (AvgIpc) is 2.75. The highest BCUT2D eigenvalue weighted by molar-refractivity contribution is 5.76. The minimum Gasteiger partial charge on any atom is -0.389 e. The predicted molar refractivity (Wildman–Crippen MR) is 76.9 cm³/mol. The lowest BCUT2D eigenvalue weighted by molar-refractivity contribution is -0.117. The molecule has 0 aliphatic heterocycles. The Hall–Kier alpha value is -2.14. The molecule has 1 aromatic heterocycles. The maximum absolute atomic E-state index is 10.8. The maximum atomic E-state index is 10.8. The third-order valence-corrected chi connectivity index (χ3v) is 2.85. The van der Waals surface area contributed by atoms with Gasteiger partial charge in [-0.3, -0.25) is 9.48 Å². The predicted octanol–water partition coefficient (Wildman–Crippen LogP) is 1.35. The quantitative estimate of drug-likeness (QED) is 0.862. The molecule has 5 nitrogen and oxygen atoms in total. The largest absolute Gasteiger partial charge is 0.389 e. The van der Waals surface area contributed by atoms with Crippen molar-refractivity contribution in [1.29, 1.82) is 0 Å². The van der Waals surface area contributed by atoms with Crippen molar-refractivity contribution in [2.45, 2.75) is 32.4 Å². The van der Waals surface area contributed by atoms with Crippen LogP contribution in [0.1, 0.15) is 19.4 Å². The summed E-state index contributed by atoms with van der Waals surface area (Å²) >= 11 is 0. The maximum Gasteiger partial charge on any atom is 0.221 e. The summed E-state index contributed by atoms with van der Waals surface area (Å²) in [4.78, 5) is 10.8. The topological polar surface area (TPSA) is 81.1 Å². The van der Waals surface area contributed by atoms with E-state index in [4.69, 9.17) is 5.73 Å². The number of rotatable bonds is 5. The van der Waals surface area contributed by atoms with Crippen LogP contribution in [0.3, 0.4) is 0 Å². The highest BCUT2D eigenvalue weighted by Crippen LogP contribution is 2.20. The van der Waals surface area contributed by atoms with Crippen LogP contribution in [0.5, 0.6) is 0 Å². The van der Waals surface area contributed by atoms with Gasteiger partial charge in [0.1, 0.15) is 0 Å². The molecule has 1 amide bonds. The Labute approximate surface area is 118 Å². The van der Waals surface area contributed by atoms with Crippen molar-refractivity contribution in [3.8, 4) is 11.1 Å². The zero-order chi connectivity index (χ0) is 14.8. The molecule has 0 atom stereocenters. The van der Waals surface area contributed by atoms with Crippen LogP contribution >= 0.6 is 0 Å². The fraction of sp³-hybridized carbons (Fsp3) is 0.333. The Morgan fingerprint density at radius 2 is 1.95 bits per heavy atom. The van der Waals surface area contributed by atoms with Crippen LogP contribution in [0, 0.1) is 0 Å². The number of aromatic nitrogens is 2. The molecule has 1 heterocycles. The van der Waals surface area contributed by atoms with Crippen molar-refractivity contribution in [2.24, 2.45) is 5.73 Å². The molecule has 106 valence electrons. The van der Waals surface area contributed by atoms with Gasteiger partial charge in [-0.1, -0.05) is 24.3 Å². The Balaban J connectivity index is 2.14. The van der Waals surface area contributed by atoms with E-state index in [0.29, 0.717) is 6.54 Å². The van der Waals surface area contributed by atoms with E-state index in [0.717, 1.165) is 16.7 Å². The minimum atomic E-state index is -0.797. The number of aliphatic hydroxyl groups is 1. The van der Waals surface area contributed by atoms with Crippen LogP contribution in [0.4, 0.5) is 0 Å². The molecule has 20 heavy (non-hydrogen) atoms. The van der Waals surface area contributed by atoms with E-state index < -0.39 is 5.60 Å². The molecule has 0 saturated carbocycles. The summed E-state index contributed by atoms with van der Waals surface area (Å²) in [6.07, 6.45) is 3.90. The Kier molecular flexibility index (Phi) is 3.90. The third-order valence-electron chi connectivity index (χ3n) is 2.85. The minimum absolute atomic E-state index is 0.248. The molecule has 3 N–H and O–H groups in total. The molecule has 0 fully saturated rings. The van der Waals surface area contributed by atoms with Crippen LogP contribution in [0.2, 0.25) is 0 Å². The first-order chi connectivity index (χ1) is 9.33. The van der Waals surface area contributed by atoms with Gasteiger partial charge in [-0.05, 0) is 25.0 Å². The zero-order valence-corrected chi connectivity index (χ0v) is 11.7. The molecule has 0 unspecified atom stereocenters. The van der Waals surface area contributed by atoms with E-state index in [1.54, 1.807) is 24.7 Å². The molecule has 0 spiro atoms. The lowest BCUT2D eigenvalue weighted by atomic mass is 10.1. The van der Waals surface area contributed by atoms with E-state index in [-0.39, 0.29) is 12.3 Å². The number of amides is 1. The van der Waals surface area contributed by atoms with Crippen molar-refractivity contribution in [3.05, 3.63) is 42.2 Å². The van der Waals surface area contributed by atoms with Gasteiger partial charge < -0.3 is 10.8 Å². The van der Waals surface area contributed by atoms with E-state index in [9.17, 15) is 9.90 Å². The molecule has 2 rings (SSSR count). The van der Waals surface area contributed by atoms with Gasteiger partial charge in [-0.15, -0.1) is 0 Å². The summed E-state index contributed by atoms with van der Waals surface area (Å²) in [5, 5.41) is 14.0. The fourth-order valence-electron chi connectivity index (χ4n) is 2.01. The molecule has 1 aromatic carbocycles. The summed E-state index contributed by atoms with van der Waals surface area (Å²) in [7, 11) is 0. The summed E-state index contributed by atoms with van der Waals surface area (Å²) in [6, 6.07) is 7.63. The highest BCUT2D eigenvalue weighted by Gasteiger charge is 2.14. The first-order valence-corrected chi connectivity index (χ1v) is 6.46. The third kappa shape index (κ3) is 3.93. The van der Waals surface area contributed by atoms with Crippen LogP contribution in [0.15, 0.2) is 36.7 Å². The van der Waals surface area contributed by atoms with Gasteiger partial charge in [0, 0.05) is 11.8 Å². The fourth-order valence-corrected chi connectivity index (χ4v) is 2.01. The van der Waals surface area contributed by atoms with Gasteiger partial charge >= 0.3 is 0 Å². The van der Waals surface area contributed by atoms with Gasteiger partial charge in [0.05, 0.1) is 24.8 Å². The number of carbonyl (C=O) groups excluding carboxylic acids is 1. The lowest BCUT2D eigenvalue weighted by Crippen LogP contribution is -2.26. The van der Waals surface area contributed by atoms with Crippen LogP contribution in [-0.4, -0.2) is 26.4 Å². The number of primary amides is 1. The summed E-state index contributed by atoms with van der Waals surface area (Å²) < 4.78 is 1.71. The first-order valence-electron chi connectivity index (χ1n) is 6.46. The van der Waals surface area contributed by atoms with Gasteiger partial charge in [-0.2, -0.15) is 5.10 Å². The lowest BCUT2D eigenvalue weighted by Gasteiger charge is -2.16. The number of nitrogens with zero attached hydrogens (tertiary/aromatic N) is 2. The molecule has 0 aliphatic rings.